The molecule has 0 N–H and O–H groups in total. The number of esters is 2. The molecule has 0 amide bonds. The standard InChI is InChI=1S/C20H12Br2O4/c21-13-5-9-15(10-6-13)25-19(23)17-3-1-2-4-18(17)20(24)26-16-11-7-14(22)8-12-16/h1-12H. The molecular weight excluding hydrogens is 464 g/mol. The third-order valence-electron chi connectivity index (χ3n) is 3.42. The summed E-state index contributed by atoms with van der Waals surface area (Å²) in [4.78, 5) is 24.9. The summed E-state index contributed by atoms with van der Waals surface area (Å²) < 4.78 is 12.4. The maximum absolute atomic E-state index is 12.5. The molecular formula is C20H12Br2O4. The van der Waals surface area contributed by atoms with Gasteiger partial charge in [0, 0.05) is 8.95 Å². The van der Waals surface area contributed by atoms with Crippen LogP contribution in [-0.2, 0) is 0 Å². The van der Waals surface area contributed by atoms with Gasteiger partial charge in [0.15, 0.2) is 0 Å². The van der Waals surface area contributed by atoms with Gasteiger partial charge in [-0.3, -0.25) is 0 Å². The molecule has 3 aromatic carbocycles. The van der Waals surface area contributed by atoms with Crippen LogP contribution in [0.25, 0.3) is 0 Å². The third kappa shape index (κ3) is 4.59. The molecule has 0 bridgehead atoms. The van der Waals surface area contributed by atoms with E-state index in [9.17, 15) is 9.59 Å². The van der Waals surface area contributed by atoms with E-state index >= 15 is 0 Å². The van der Waals surface area contributed by atoms with Crippen LogP contribution >= 0.6 is 31.9 Å². The molecule has 3 aromatic rings. The van der Waals surface area contributed by atoms with Crippen LogP contribution in [0.5, 0.6) is 11.5 Å². The Morgan fingerprint density at radius 1 is 0.577 bits per heavy atom. The highest BCUT2D eigenvalue weighted by Gasteiger charge is 2.20. The van der Waals surface area contributed by atoms with Gasteiger partial charge in [0.1, 0.15) is 11.5 Å². The Hall–Kier alpha value is -2.44. The molecule has 0 aliphatic rings. The van der Waals surface area contributed by atoms with E-state index in [4.69, 9.17) is 9.47 Å². The fourth-order valence-corrected chi connectivity index (χ4v) is 2.70. The molecule has 0 atom stereocenters. The second kappa shape index (κ2) is 8.29. The van der Waals surface area contributed by atoms with Crippen LogP contribution in [-0.4, -0.2) is 11.9 Å². The van der Waals surface area contributed by atoms with E-state index in [2.05, 4.69) is 31.9 Å². The second-order valence-corrected chi connectivity index (χ2v) is 7.06. The monoisotopic (exact) mass is 474 g/mol. The summed E-state index contributed by atoms with van der Waals surface area (Å²) >= 11 is 6.64. The number of halogens is 2. The highest BCUT2D eigenvalue weighted by molar-refractivity contribution is 9.10. The van der Waals surface area contributed by atoms with Gasteiger partial charge in [-0.25, -0.2) is 9.59 Å². The summed E-state index contributed by atoms with van der Waals surface area (Å²) in [6, 6.07) is 20.0. The van der Waals surface area contributed by atoms with Crippen LogP contribution in [0.15, 0.2) is 81.7 Å². The number of carbonyl (C=O) groups excluding carboxylic acids is 2. The predicted octanol–water partition coefficient (Wildman–Crippen LogP) is 5.65. The van der Waals surface area contributed by atoms with Crippen LogP contribution in [0.2, 0.25) is 0 Å². The lowest BCUT2D eigenvalue weighted by Gasteiger charge is -2.09. The Morgan fingerprint density at radius 3 is 1.27 bits per heavy atom. The molecule has 0 fully saturated rings. The zero-order valence-electron chi connectivity index (χ0n) is 13.3. The number of carbonyl (C=O) groups is 2. The van der Waals surface area contributed by atoms with Gasteiger partial charge in [-0.2, -0.15) is 0 Å². The van der Waals surface area contributed by atoms with Gasteiger partial charge in [0.05, 0.1) is 11.1 Å². The lowest BCUT2D eigenvalue weighted by atomic mass is 10.1. The van der Waals surface area contributed by atoms with Crippen LogP contribution in [0.3, 0.4) is 0 Å². The minimum absolute atomic E-state index is 0.137. The zero-order valence-corrected chi connectivity index (χ0v) is 16.5. The molecule has 0 spiro atoms. The molecule has 0 aliphatic heterocycles. The Labute approximate surface area is 167 Å². The first-order chi connectivity index (χ1) is 12.5. The molecule has 26 heavy (non-hydrogen) atoms. The maximum Gasteiger partial charge on any atom is 0.344 e. The topological polar surface area (TPSA) is 52.6 Å². The first kappa shape index (κ1) is 18.4. The van der Waals surface area contributed by atoms with Gasteiger partial charge in [-0.05, 0) is 60.7 Å². The lowest BCUT2D eigenvalue weighted by molar-refractivity contribution is 0.0692. The normalized spacial score (nSPS) is 10.2. The van der Waals surface area contributed by atoms with E-state index in [1.54, 1.807) is 60.7 Å². The summed E-state index contributed by atoms with van der Waals surface area (Å²) in [5, 5.41) is 0. The Bertz CT molecular complexity index is 856. The Morgan fingerprint density at radius 2 is 0.923 bits per heavy atom. The number of ether oxygens (including phenoxy) is 2. The van der Waals surface area contributed by atoms with Gasteiger partial charge in [-0.15, -0.1) is 0 Å². The summed E-state index contributed by atoms with van der Waals surface area (Å²) in [5.41, 5.74) is 0.273. The molecule has 130 valence electrons. The molecule has 0 radical (unpaired) electrons. The minimum atomic E-state index is -0.629. The van der Waals surface area contributed by atoms with Crippen molar-refractivity contribution in [2.75, 3.05) is 0 Å². The van der Waals surface area contributed by atoms with Gasteiger partial charge in [0.25, 0.3) is 0 Å². The smallest absolute Gasteiger partial charge is 0.344 e. The highest BCUT2D eigenvalue weighted by Crippen LogP contribution is 2.21. The van der Waals surface area contributed by atoms with Gasteiger partial charge in [0.2, 0.25) is 0 Å². The van der Waals surface area contributed by atoms with Crippen molar-refractivity contribution in [1.82, 2.24) is 0 Å². The molecule has 0 saturated heterocycles. The number of hydrogen-bond donors (Lipinski definition) is 0. The molecule has 4 nitrogen and oxygen atoms in total. The number of benzene rings is 3. The van der Waals surface area contributed by atoms with Crippen LogP contribution in [0.4, 0.5) is 0 Å². The van der Waals surface area contributed by atoms with Gasteiger partial charge < -0.3 is 9.47 Å². The molecule has 0 heterocycles. The Kier molecular flexibility index (Phi) is 5.85. The van der Waals surface area contributed by atoms with Crippen molar-refractivity contribution in [2.24, 2.45) is 0 Å². The van der Waals surface area contributed by atoms with Gasteiger partial charge in [-0.1, -0.05) is 44.0 Å². The molecule has 3 rings (SSSR count). The van der Waals surface area contributed by atoms with E-state index in [1.807, 2.05) is 0 Å². The van der Waals surface area contributed by atoms with E-state index < -0.39 is 11.9 Å². The van der Waals surface area contributed by atoms with E-state index in [-0.39, 0.29) is 11.1 Å². The van der Waals surface area contributed by atoms with Crippen LogP contribution in [0, 0.1) is 0 Å². The quantitative estimate of drug-likeness (QED) is 0.361. The van der Waals surface area contributed by atoms with Crippen LogP contribution < -0.4 is 9.47 Å². The predicted molar refractivity (Wildman–Crippen MR) is 105 cm³/mol. The van der Waals surface area contributed by atoms with Crippen molar-refractivity contribution in [3.63, 3.8) is 0 Å². The van der Waals surface area contributed by atoms with Crippen molar-refractivity contribution in [1.29, 1.82) is 0 Å². The second-order valence-electron chi connectivity index (χ2n) is 5.23. The maximum atomic E-state index is 12.5. The highest BCUT2D eigenvalue weighted by atomic mass is 79.9. The van der Waals surface area contributed by atoms with Gasteiger partial charge >= 0.3 is 11.9 Å². The summed E-state index contributed by atoms with van der Waals surface area (Å²) in [6.07, 6.45) is 0. The summed E-state index contributed by atoms with van der Waals surface area (Å²) in [7, 11) is 0. The summed E-state index contributed by atoms with van der Waals surface area (Å²) in [6.45, 7) is 0. The van der Waals surface area contributed by atoms with Crippen molar-refractivity contribution in [2.45, 2.75) is 0 Å². The fourth-order valence-electron chi connectivity index (χ4n) is 2.17. The van der Waals surface area contributed by atoms with Crippen molar-refractivity contribution in [3.8, 4) is 11.5 Å². The molecule has 0 aromatic heterocycles. The molecule has 6 heteroatoms. The summed E-state index contributed by atoms with van der Waals surface area (Å²) in [5.74, 6) is -0.491. The van der Waals surface area contributed by atoms with Crippen molar-refractivity contribution < 1.29 is 19.1 Å². The lowest BCUT2D eigenvalue weighted by Crippen LogP contribution is -2.17. The zero-order chi connectivity index (χ0) is 18.5. The molecule has 0 saturated carbocycles. The van der Waals surface area contributed by atoms with E-state index in [1.165, 1.54) is 12.1 Å². The van der Waals surface area contributed by atoms with Crippen molar-refractivity contribution in [3.05, 3.63) is 92.9 Å². The minimum Gasteiger partial charge on any atom is -0.423 e. The molecule has 0 unspecified atom stereocenters. The van der Waals surface area contributed by atoms with Crippen LogP contribution in [0.1, 0.15) is 20.7 Å². The third-order valence-corrected chi connectivity index (χ3v) is 4.47. The first-order valence-corrected chi connectivity index (χ1v) is 9.16. The average Bonchev–Trinajstić information content (AvgIpc) is 2.65. The SMILES string of the molecule is O=C(Oc1ccc(Br)cc1)c1ccccc1C(=O)Oc1ccc(Br)cc1. The van der Waals surface area contributed by atoms with E-state index in [0.29, 0.717) is 11.5 Å². The Balaban J connectivity index is 1.80. The van der Waals surface area contributed by atoms with Crippen molar-refractivity contribution >= 4 is 43.8 Å². The fraction of sp³-hybridized carbons (Fsp3) is 0. The molecule has 0 aliphatic carbocycles. The number of hydrogen-bond acceptors (Lipinski definition) is 4. The average molecular weight is 476 g/mol. The number of rotatable bonds is 4. The first-order valence-electron chi connectivity index (χ1n) is 7.57. The van der Waals surface area contributed by atoms with E-state index in [0.717, 1.165) is 8.95 Å². The largest absolute Gasteiger partial charge is 0.423 e.